The summed E-state index contributed by atoms with van der Waals surface area (Å²) in [5, 5.41) is 0. The van der Waals surface area contributed by atoms with Crippen LogP contribution in [0, 0.1) is 5.92 Å². The van der Waals surface area contributed by atoms with Crippen LogP contribution < -0.4 is 4.74 Å². The Hall–Kier alpha value is -1.16. The van der Waals surface area contributed by atoms with E-state index in [0.717, 1.165) is 31.6 Å². The third-order valence-electron chi connectivity index (χ3n) is 4.24. The molecule has 1 saturated carbocycles. The minimum atomic E-state index is -0.0428. The molecule has 23 heavy (non-hydrogen) atoms. The Labute approximate surface area is 141 Å². The molecule has 1 aromatic rings. The van der Waals surface area contributed by atoms with Crippen LogP contribution in [0.1, 0.15) is 72.9 Å². The van der Waals surface area contributed by atoms with Crippen molar-refractivity contribution in [3.63, 3.8) is 0 Å². The molecule has 0 aromatic carbocycles. The van der Waals surface area contributed by atoms with Crippen molar-refractivity contribution in [3.8, 4) is 5.88 Å². The molecule has 0 spiro atoms. The van der Waals surface area contributed by atoms with Gasteiger partial charge in [-0.05, 0) is 52.4 Å². The summed E-state index contributed by atoms with van der Waals surface area (Å²) in [6, 6.07) is 0. The van der Waals surface area contributed by atoms with E-state index in [2.05, 4.69) is 51.5 Å². The normalized spacial score (nSPS) is 22.3. The Bertz CT molecular complexity index is 486. The molecule has 1 heterocycles. The number of ether oxygens (including phenoxy) is 2. The Morgan fingerprint density at radius 3 is 2.35 bits per heavy atom. The van der Waals surface area contributed by atoms with Crippen LogP contribution in [0.3, 0.4) is 0 Å². The minimum Gasteiger partial charge on any atom is -0.473 e. The van der Waals surface area contributed by atoms with Gasteiger partial charge in [0.1, 0.15) is 6.10 Å². The van der Waals surface area contributed by atoms with E-state index in [1.54, 1.807) is 6.20 Å². The molecule has 2 rings (SSSR count). The van der Waals surface area contributed by atoms with Gasteiger partial charge in [-0.2, -0.15) is 0 Å². The lowest BCUT2D eigenvalue weighted by Crippen LogP contribution is -2.21. The van der Waals surface area contributed by atoms with Gasteiger partial charge in [-0.1, -0.05) is 20.8 Å². The van der Waals surface area contributed by atoms with E-state index < -0.39 is 0 Å². The monoisotopic (exact) mass is 320 g/mol. The number of hydrogen-bond acceptors (Lipinski definition) is 4. The van der Waals surface area contributed by atoms with E-state index in [4.69, 9.17) is 9.47 Å². The van der Waals surface area contributed by atoms with Crippen molar-refractivity contribution in [1.82, 2.24) is 9.97 Å². The Kier molecular flexibility index (Phi) is 5.66. The van der Waals surface area contributed by atoms with Crippen molar-refractivity contribution in [2.24, 2.45) is 5.92 Å². The van der Waals surface area contributed by atoms with Crippen molar-refractivity contribution in [1.29, 1.82) is 0 Å². The second-order valence-electron chi connectivity index (χ2n) is 8.66. The molecule has 2 unspecified atom stereocenters. The summed E-state index contributed by atoms with van der Waals surface area (Å²) in [5.74, 6) is 1.35. The van der Waals surface area contributed by atoms with Crippen LogP contribution in [0.2, 0.25) is 0 Å². The highest BCUT2D eigenvalue weighted by atomic mass is 16.5. The number of hydrogen-bond donors (Lipinski definition) is 0. The molecule has 0 aliphatic heterocycles. The van der Waals surface area contributed by atoms with Crippen LogP contribution in [0.5, 0.6) is 5.88 Å². The Morgan fingerprint density at radius 2 is 1.78 bits per heavy atom. The van der Waals surface area contributed by atoms with Gasteiger partial charge in [0.25, 0.3) is 0 Å². The molecule has 1 aliphatic rings. The highest BCUT2D eigenvalue weighted by molar-refractivity contribution is 5.13. The van der Waals surface area contributed by atoms with Crippen LogP contribution in [0.15, 0.2) is 12.4 Å². The fraction of sp³-hybridized carbons (Fsp3) is 0.789. The highest BCUT2D eigenvalue weighted by Gasteiger charge is 2.27. The molecule has 0 saturated heterocycles. The van der Waals surface area contributed by atoms with Gasteiger partial charge in [-0.25, -0.2) is 4.98 Å². The Balaban J connectivity index is 1.77. The summed E-state index contributed by atoms with van der Waals surface area (Å²) < 4.78 is 11.8. The van der Waals surface area contributed by atoms with Crippen molar-refractivity contribution in [3.05, 3.63) is 18.1 Å². The van der Waals surface area contributed by atoms with Crippen LogP contribution in [-0.2, 0) is 10.2 Å². The molecule has 0 bridgehead atoms. The van der Waals surface area contributed by atoms with Crippen molar-refractivity contribution >= 4 is 0 Å². The van der Waals surface area contributed by atoms with Gasteiger partial charge in [-0.15, -0.1) is 0 Å². The largest absolute Gasteiger partial charge is 0.473 e. The molecule has 0 radical (unpaired) electrons. The van der Waals surface area contributed by atoms with E-state index in [9.17, 15) is 0 Å². The lowest BCUT2D eigenvalue weighted by Gasteiger charge is -2.21. The van der Waals surface area contributed by atoms with Gasteiger partial charge in [0.15, 0.2) is 0 Å². The predicted octanol–water partition coefficient (Wildman–Crippen LogP) is 4.53. The van der Waals surface area contributed by atoms with Crippen LogP contribution in [-0.4, -0.2) is 28.3 Å². The van der Waals surface area contributed by atoms with Gasteiger partial charge in [0.2, 0.25) is 5.88 Å². The maximum atomic E-state index is 6.01. The molecule has 2 atom stereocenters. The molecule has 4 heteroatoms. The topological polar surface area (TPSA) is 44.2 Å². The number of rotatable bonds is 5. The van der Waals surface area contributed by atoms with Crippen LogP contribution in [0.4, 0.5) is 0 Å². The SMILES string of the molecule is CC(C)(C)OCCC1CCC(Oc2cnc(C(C)(C)C)cn2)C1. The maximum Gasteiger partial charge on any atom is 0.232 e. The highest BCUT2D eigenvalue weighted by Crippen LogP contribution is 2.31. The Morgan fingerprint density at radius 1 is 1.04 bits per heavy atom. The second-order valence-corrected chi connectivity index (χ2v) is 8.66. The quantitative estimate of drug-likeness (QED) is 0.799. The van der Waals surface area contributed by atoms with E-state index in [-0.39, 0.29) is 17.1 Å². The summed E-state index contributed by atoms with van der Waals surface area (Å²) in [6.07, 6.45) is 8.39. The first-order valence-electron chi connectivity index (χ1n) is 8.76. The van der Waals surface area contributed by atoms with E-state index in [1.165, 1.54) is 6.42 Å². The van der Waals surface area contributed by atoms with Crippen LogP contribution >= 0.6 is 0 Å². The molecule has 4 nitrogen and oxygen atoms in total. The molecule has 1 fully saturated rings. The van der Waals surface area contributed by atoms with Crippen molar-refractivity contribution < 1.29 is 9.47 Å². The van der Waals surface area contributed by atoms with Gasteiger partial charge < -0.3 is 9.47 Å². The lowest BCUT2D eigenvalue weighted by molar-refractivity contribution is -0.00934. The standard InChI is InChI=1S/C19H32N2O2/c1-18(2,3)16-12-21-17(13-20-16)23-15-8-7-14(11-15)9-10-22-19(4,5)6/h12-15H,7-11H2,1-6H3. The van der Waals surface area contributed by atoms with E-state index >= 15 is 0 Å². The molecule has 1 aromatic heterocycles. The first kappa shape index (κ1) is 18.2. The van der Waals surface area contributed by atoms with Crippen molar-refractivity contribution in [2.45, 2.75) is 84.3 Å². The first-order chi connectivity index (χ1) is 10.6. The van der Waals surface area contributed by atoms with E-state index in [1.807, 2.05) is 6.20 Å². The number of nitrogens with zero attached hydrogens (tertiary/aromatic N) is 2. The third-order valence-corrected chi connectivity index (χ3v) is 4.24. The maximum absolute atomic E-state index is 6.01. The molecule has 0 N–H and O–H groups in total. The fourth-order valence-electron chi connectivity index (χ4n) is 2.87. The lowest BCUT2D eigenvalue weighted by atomic mass is 9.93. The zero-order chi connectivity index (χ0) is 17.1. The zero-order valence-corrected chi connectivity index (χ0v) is 15.6. The summed E-state index contributed by atoms with van der Waals surface area (Å²) in [5.41, 5.74) is 0.976. The molecule has 0 amide bonds. The van der Waals surface area contributed by atoms with Gasteiger partial charge in [0, 0.05) is 12.0 Å². The smallest absolute Gasteiger partial charge is 0.232 e. The van der Waals surface area contributed by atoms with Crippen LogP contribution in [0.25, 0.3) is 0 Å². The van der Waals surface area contributed by atoms with Gasteiger partial charge in [0.05, 0.1) is 23.7 Å². The fourth-order valence-corrected chi connectivity index (χ4v) is 2.87. The molecule has 130 valence electrons. The summed E-state index contributed by atoms with van der Waals surface area (Å²) >= 11 is 0. The van der Waals surface area contributed by atoms with Crippen molar-refractivity contribution in [2.75, 3.05) is 6.61 Å². The minimum absolute atomic E-state index is 0.0248. The second kappa shape index (κ2) is 7.16. The average Bonchev–Trinajstić information content (AvgIpc) is 2.84. The van der Waals surface area contributed by atoms with Gasteiger partial charge >= 0.3 is 0 Å². The molecule has 1 aliphatic carbocycles. The first-order valence-corrected chi connectivity index (χ1v) is 8.76. The summed E-state index contributed by atoms with van der Waals surface area (Å²) in [7, 11) is 0. The summed E-state index contributed by atoms with van der Waals surface area (Å²) in [4.78, 5) is 8.90. The zero-order valence-electron chi connectivity index (χ0n) is 15.6. The molecular formula is C19H32N2O2. The predicted molar refractivity (Wildman–Crippen MR) is 92.8 cm³/mol. The third kappa shape index (κ3) is 6.09. The number of aromatic nitrogens is 2. The summed E-state index contributed by atoms with van der Waals surface area (Å²) in [6.45, 7) is 13.6. The van der Waals surface area contributed by atoms with E-state index in [0.29, 0.717) is 11.8 Å². The molecular weight excluding hydrogens is 288 g/mol. The van der Waals surface area contributed by atoms with Gasteiger partial charge in [-0.3, -0.25) is 4.98 Å². The average molecular weight is 320 g/mol.